The Morgan fingerprint density at radius 2 is 1.29 bits per heavy atom. The predicted octanol–water partition coefficient (Wildman–Crippen LogP) is 7.50. The molecule has 13 heteroatoms. The summed E-state index contributed by atoms with van der Waals surface area (Å²) in [6, 6.07) is 11.5. The number of nitrogens with zero attached hydrogens (tertiary/aromatic N) is 4. The molecule has 0 unspecified atom stereocenters. The first-order valence-electron chi connectivity index (χ1n) is 20.4. The molecular formula is C45H55N7O6. The third-order valence-electron chi connectivity index (χ3n) is 12.0. The minimum absolute atomic E-state index is 0.0955. The van der Waals surface area contributed by atoms with Crippen LogP contribution in [-0.4, -0.2) is 94.9 Å². The number of hydrogen-bond donors (Lipinski definition) is 3. The molecule has 7 rings (SSSR count). The molecule has 3 aromatic rings. The fourth-order valence-corrected chi connectivity index (χ4v) is 8.95. The van der Waals surface area contributed by atoms with Crippen molar-refractivity contribution in [2.24, 2.45) is 16.8 Å². The summed E-state index contributed by atoms with van der Waals surface area (Å²) < 4.78 is 9.59. The van der Waals surface area contributed by atoms with Crippen LogP contribution in [-0.2, 0) is 19.1 Å². The molecule has 2 saturated heterocycles. The molecule has 0 radical (unpaired) electrons. The number of hydrogen-bond acceptors (Lipinski definition) is 8. The highest BCUT2D eigenvalue weighted by molar-refractivity contribution is 6.06. The van der Waals surface area contributed by atoms with Crippen LogP contribution in [0.5, 0.6) is 0 Å². The molecule has 4 aliphatic rings. The van der Waals surface area contributed by atoms with Crippen LogP contribution in [0.3, 0.4) is 0 Å². The molecule has 4 heterocycles. The number of allylic oxidation sites excluding steroid dienone is 2. The highest BCUT2D eigenvalue weighted by Gasteiger charge is 2.40. The molecule has 2 aromatic carbocycles. The Bertz CT molecular complexity index is 2210. The summed E-state index contributed by atoms with van der Waals surface area (Å²) >= 11 is 0. The summed E-state index contributed by atoms with van der Waals surface area (Å²) in [6.45, 7) is 13.2. The number of aliphatic imine (C=N–C) groups is 1. The van der Waals surface area contributed by atoms with Crippen molar-refractivity contribution in [3.05, 3.63) is 76.9 Å². The highest BCUT2D eigenvalue weighted by Crippen LogP contribution is 2.48. The number of rotatable bonds is 10. The van der Waals surface area contributed by atoms with Gasteiger partial charge in [-0.1, -0.05) is 57.5 Å². The van der Waals surface area contributed by atoms with E-state index in [-0.39, 0.29) is 35.7 Å². The maximum absolute atomic E-state index is 13.7. The fraction of sp³-hybridized carbons (Fsp3) is 0.467. The Hall–Kier alpha value is -5.72. The number of H-pyrrole nitrogens is 1. The van der Waals surface area contributed by atoms with Crippen molar-refractivity contribution in [1.29, 1.82) is 0 Å². The molecule has 58 heavy (non-hydrogen) atoms. The van der Waals surface area contributed by atoms with Gasteiger partial charge in [-0.05, 0) is 102 Å². The molecule has 1 aliphatic carbocycles. The van der Waals surface area contributed by atoms with Crippen molar-refractivity contribution in [1.82, 2.24) is 30.4 Å². The topological polar surface area (TPSA) is 158 Å². The van der Waals surface area contributed by atoms with E-state index in [2.05, 4.69) is 65.9 Å². The minimum atomic E-state index is -0.697. The molecule has 0 bridgehead atoms. The van der Waals surface area contributed by atoms with Gasteiger partial charge in [0.1, 0.15) is 17.9 Å². The molecule has 3 N–H and O–H groups in total. The van der Waals surface area contributed by atoms with E-state index < -0.39 is 24.3 Å². The van der Waals surface area contributed by atoms with Gasteiger partial charge in [0.05, 0.1) is 38.2 Å². The van der Waals surface area contributed by atoms with E-state index in [1.807, 2.05) is 49.9 Å². The Morgan fingerprint density at radius 3 is 1.84 bits per heavy atom. The Labute approximate surface area is 340 Å². The molecule has 0 saturated carbocycles. The Morgan fingerprint density at radius 1 is 0.759 bits per heavy atom. The quantitative estimate of drug-likeness (QED) is 0.150. The summed E-state index contributed by atoms with van der Waals surface area (Å²) in [7, 11) is 2.60. The number of carbonyl (C=O) groups is 4. The van der Waals surface area contributed by atoms with Crippen molar-refractivity contribution in [3.63, 3.8) is 0 Å². The zero-order valence-corrected chi connectivity index (χ0v) is 34.8. The Balaban J connectivity index is 1.08. The lowest BCUT2D eigenvalue weighted by molar-refractivity contribution is -0.135. The van der Waals surface area contributed by atoms with Crippen molar-refractivity contribution in [2.75, 3.05) is 27.3 Å². The van der Waals surface area contributed by atoms with Crippen molar-refractivity contribution < 1.29 is 28.7 Å². The molecule has 306 valence electrons. The summed E-state index contributed by atoms with van der Waals surface area (Å²) in [5.74, 6) is 0.279. The van der Waals surface area contributed by atoms with Crippen molar-refractivity contribution in [3.8, 4) is 22.4 Å². The number of imidazole rings is 1. The normalized spacial score (nSPS) is 19.4. The number of carbonyl (C=O) groups excluding carboxylic acids is 4. The first-order chi connectivity index (χ1) is 27.8. The third kappa shape index (κ3) is 7.66. The van der Waals surface area contributed by atoms with Gasteiger partial charge in [-0.25, -0.2) is 14.6 Å². The number of aromatic amines is 1. The number of ether oxygens (including phenoxy) is 2. The molecule has 13 nitrogen and oxygen atoms in total. The number of likely N-dealkylation sites (tertiary alicyclic amines) is 2. The summed E-state index contributed by atoms with van der Waals surface area (Å²) in [5, 5.41) is 5.45. The highest BCUT2D eigenvalue weighted by atomic mass is 16.5. The number of amides is 4. The van der Waals surface area contributed by atoms with E-state index in [0.717, 1.165) is 65.2 Å². The lowest BCUT2D eigenvalue weighted by Gasteiger charge is -2.31. The summed E-state index contributed by atoms with van der Waals surface area (Å²) in [6.07, 6.45) is 6.54. The van der Waals surface area contributed by atoms with Crippen LogP contribution in [0.1, 0.15) is 102 Å². The zero-order valence-electron chi connectivity index (χ0n) is 34.8. The second-order valence-electron chi connectivity index (χ2n) is 16.6. The molecule has 3 aliphatic heterocycles. The van der Waals surface area contributed by atoms with Crippen LogP contribution < -0.4 is 10.6 Å². The van der Waals surface area contributed by atoms with Crippen LogP contribution >= 0.6 is 0 Å². The van der Waals surface area contributed by atoms with E-state index in [4.69, 9.17) is 19.5 Å². The second kappa shape index (κ2) is 16.6. The number of fused-ring (bicyclic) bond motifs is 3. The third-order valence-corrected chi connectivity index (χ3v) is 12.0. The van der Waals surface area contributed by atoms with Crippen molar-refractivity contribution >= 4 is 40.9 Å². The number of benzene rings is 2. The minimum Gasteiger partial charge on any atom is -0.453 e. The average Bonchev–Trinajstić information content (AvgIpc) is 4.05. The lowest BCUT2D eigenvalue weighted by Crippen LogP contribution is -2.53. The van der Waals surface area contributed by atoms with E-state index in [0.29, 0.717) is 19.5 Å². The smallest absolute Gasteiger partial charge is 0.407 e. The second-order valence-corrected chi connectivity index (χ2v) is 16.6. The summed E-state index contributed by atoms with van der Waals surface area (Å²) in [4.78, 5) is 68.4. The van der Waals surface area contributed by atoms with Crippen molar-refractivity contribution in [2.45, 2.75) is 97.8 Å². The Kier molecular flexibility index (Phi) is 11.6. The number of aromatic nitrogens is 2. The van der Waals surface area contributed by atoms with Crippen LogP contribution in [0.2, 0.25) is 0 Å². The van der Waals surface area contributed by atoms with Crippen LogP contribution in [0.15, 0.2) is 59.4 Å². The average molecular weight is 790 g/mol. The molecule has 1 aromatic heterocycles. The van der Waals surface area contributed by atoms with Crippen LogP contribution in [0.4, 0.5) is 9.59 Å². The van der Waals surface area contributed by atoms with Crippen LogP contribution in [0.25, 0.3) is 33.5 Å². The predicted molar refractivity (Wildman–Crippen MR) is 224 cm³/mol. The van der Waals surface area contributed by atoms with E-state index >= 15 is 0 Å². The molecule has 4 amide bonds. The first kappa shape index (κ1) is 40.5. The standard InChI is InChI=1S/C45H55N7O6/c1-24(2)38-32-19-27(29-21-34(46-22-29)36-11-9-17-51(36)42(53)39(25(3)4)49-44(55)57-7)13-15-30(32)31-16-14-28(20-33(31)38)35-23-47-41(48-35)37-12-10-18-52(37)43(54)40(26(5)6)50-45(56)58-8/h13-16,19-20,22-23,25-26,36-37,39-40H,9-12,17-18,21H2,1-8H3,(H,47,48)(H,49,55)(H,50,56)/t36-,37-,39-,40-/m0/s1. The maximum atomic E-state index is 13.7. The SMILES string of the molecule is COC(=O)N[C@H](C(=O)N1CCC[C@H]1C1=NC=C(c2ccc3c(c2)C(=C(C)C)c2cc(-c4cnc([C@@H]5CCCN5C(=O)[C@@H](NC(=O)OC)C(C)C)[nH]4)ccc2-3)C1)C(C)C. The van der Waals surface area contributed by atoms with Gasteiger partial charge < -0.3 is 34.9 Å². The molecule has 2 fully saturated rings. The van der Waals surface area contributed by atoms with Gasteiger partial charge in [-0.2, -0.15) is 0 Å². The fourth-order valence-electron chi connectivity index (χ4n) is 8.95. The van der Waals surface area contributed by atoms with Crippen LogP contribution in [0, 0.1) is 11.8 Å². The lowest BCUT2D eigenvalue weighted by atomic mass is 9.93. The van der Waals surface area contributed by atoms with Gasteiger partial charge in [0.2, 0.25) is 11.8 Å². The molecular weight excluding hydrogens is 735 g/mol. The van der Waals surface area contributed by atoms with E-state index in [9.17, 15) is 19.2 Å². The van der Waals surface area contributed by atoms with E-state index in [1.54, 1.807) is 0 Å². The van der Waals surface area contributed by atoms with Gasteiger partial charge >= 0.3 is 12.2 Å². The number of alkyl carbamates (subject to hydrolysis) is 2. The first-order valence-corrected chi connectivity index (χ1v) is 20.4. The summed E-state index contributed by atoms with van der Waals surface area (Å²) in [5.41, 5.74) is 12.1. The van der Waals surface area contributed by atoms with Gasteiger partial charge in [0, 0.05) is 37.0 Å². The van der Waals surface area contributed by atoms with Gasteiger partial charge in [0.15, 0.2) is 0 Å². The van der Waals surface area contributed by atoms with Gasteiger partial charge in [-0.15, -0.1) is 0 Å². The molecule has 4 atom stereocenters. The van der Waals surface area contributed by atoms with E-state index in [1.165, 1.54) is 42.1 Å². The number of nitrogens with one attached hydrogen (secondary N) is 3. The van der Waals surface area contributed by atoms with Gasteiger partial charge in [0.25, 0.3) is 0 Å². The van der Waals surface area contributed by atoms with Gasteiger partial charge in [-0.3, -0.25) is 14.6 Å². The zero-order chi connectivity index (χ0) is 41.4. The maximum Gasteiger partial charge on any atom is 0.407 e. The molecule has 0 spiro atoms. The monoisotopic (exact) mass is 789 g/mol. The number of methoxy groups -OCH3 is 2. The largest absolute Gasteiger partial charge is 0.453 e.